The van der Waals surface area contributed by atoms with Gasteiger partial charge in [-0.3, -0.25) is 9.59 Å². The lowest BCUT2D eigenvalue weighted by Crippen LogP contribution is -2.25. The van der Waals surface area contributed by atoms with Crippen LogP contribution in [0.1, 0.15) is 19.4 Å². The van der Waals surface area contributed by atoms with Gasteiger partial charge in [0.2, 0.25) is 11.8 Å². The predicted octanol–water partition coefficient (Wildman–Crippen LogP) is 4.75. The van der Waals surface area contributed by atoms with Gasteiger partial charge in [-0.15, -0.1) is 11.8 Å². The van der Waals surface area contributed by atoms with Crippen LogP contribution in [0.3, 0.4) is 0 Å². The number of rotatable bonds is 8. The lowest BCUT2D eigenvalue weighted by molar-refractivity contribution is -0.115. The molecule has 144 valence electrons. The fourth-order valence-corrected chi connectivity index (χ4v) is 3.09. The summed E-state index contributed by atoms with van der Waals surface area (Å²) in [6.45, 7) is 6.06. The van der Waals surface area contributed by atoms with Crippen molar-refractivity contribution >= 4 is 46.6 Å². The van der Waals surface area contributed by atoms with Gasteiger partial charge in [0.05, 0.1) is 23.3 Å². The molecule has 0 saturated carbocycles. The smallest absolute Gasteiger partial charge is 0.237 e. The zero-order valence-corrected chi connectivity index (χ0v) is 17.1. The van der Waals surface area contributed by atoms with Gasteiger partial charge in [-0.05, 0) is 50.6 Å². The van der Waals surface area contributed by atoms with E-state index in [0.717, 1.165) is 5.56 Å². The maximum Gasteiger partial charge on any atom is 0.237 e. The molecular formula is C20H23ClN2O3S. The summed E-state index contributed by atoms with van der Waals surface area (Å²) in [4.78, 5) is 24.5. The van der Waals surface area contributed by atoms with Crippen LogP contribution >= 0.6 is 23.4 Å². The Hall–Kier alpha value is -2.18. The molecule has 0 fully saturated rings. The van der Waals surface area contributed by atoms with E-state index < -0.39 is 5.25 Å². The number of thioether (sulfide) groups is 1. The number of carbonyl (C=O) groups is 2. The van der Waals surface area contributed by atoms with Crippen molar-refractivity contribution in [2.45, 2.75) is 26.0 Å². The Morgan fingerprint density at radius 1 is 1.19 bits per heavy atom. The molecule has 0 bridgehead atoms. The number of ether oxygens (including phenoxy) is 1. The standard InChI is InChI=1S/C20H23ClN2O3S/c1-4-26-18-8-6-5-7-17(18)23-19(24)12-27-14(3)20(25)22-15-10-9-13(2)16(21)11-15/h5-11,14H,4,12H2,1-3H3,(H,22,25)(H,23,24)/t14-/m0/s1. The van der Waals surface area contributed by atoms with Crippen molar-refractivity contribution in [2.24, 2.45) is 0 Å². The van der Waals surface area contributed by atoms with E-state index in [-0.39, 0.29) is 17.6 Å². The van der Waals surface area contributed by atoms with Crippen molar-refractivity contribution in [2.75, 3.05) is 23.0 Å². The molecule has 0 aliphatic heterocycles. The molecule has 0 unspecified atom stereocenters. The molecule has 0 radical (unpaired) electrons. The van der Waals surface area contributed by atoms with E-state index in [0.29, 0.717) is 28.8 Å². The zero-order chi connectivity index (χ0) is 19.8. The van der Waals surface area contributed by atoms with Crippen molar-refractivity contribution in [3.05, 3.63) is 53.1 Å². The van der Waals surface area contributed by atoms with Crippen molar-refractivity contribution in [1.29, 1.82) is 0 Å². The van der Waals surface area contributed by atoms with Crippen molar-refractivity contribution in [1.82, 2.24) is 0 Å². The highest BCUT2D eigenvalue weighted by molar-refractivity contribution is 8.01. The van der Waals surface area contributed by atoms with Gasteiger partial charge in [-0.25, -0.2) is 0 Å². The number of amides is 2. The number of hydrogen-bond donors (Lipinski definition) is 2. The van der Waals surface area contributed by atoms with Gasteiger partial charge in [0, 0.05) is 10.7 Å². The Morgan fingerprint density at radius 2 is 1.93 bits per heavy atom. The van der Waals surface area contributed by atoms with Gasteiger partial charge < -0.3 is 15.4 Å². The molecule has 27 heavy (non-hydrogen) atoms. The molecular weight excluding hydrogens is 384 g/mol. The molecule has 0 aliphatic carbocycles. The van der Waals surface area contributed by atoms with Crippen LogP contribution in [0.4, 0.5) is 11.4 Å². The first-order valence-electron chi connectivity index (χ1n) is 8.61. The molecule has 0 aliphatic rings. The lowest BCUT2D eigenvalue weighted by atomic mass is 10.2. The van der Waals surface area contributed by atoms with E-state index in [1.807, 2.05) is 32.0 Å². The zero-order valence-electron chi connectivity index (χ0n) is 15.5. The first-order chi connectivity index (χ1) is 12.9. The molecule has 0 heterocycles. The fourth-order valence-electron chi connectivity index (χ4n) is 2.23. The highest BCUT2D eigenvalue weighted by Crippen LogP contribution is 2.24. The molecule has 0 saturated heterocycles. The largest absolute Gasteiger partial charge is 0.492 e. The molecule has 2 aromatic rings. The number of halogens is 1. The van der Waals surface area contributed by atoms with Crippen LogP contribution in [0.25, 0.3) is 0 Å². The van der Waals surface area contributed by atoms with E-state index in [9.17, 15) is 9.59 Å². The molecule has 1 atom stereocenters. The topological polar surface area (TPSA) is 67.4 Å². The summed E-state index contributed by atoms with van der Waals surface area (Å²) in [6.07, 6.45) is 0. The summed E-state index contributed by atoms with van der Waals surface area (Å²) in [5.41, 5.74) is 2.20. The second kappa shape index (κ2) is 10.2. The van der Waals surface area contributed by atoms with Crippen molar-refractivity contribution in [3.8, 4) is 5.75 Å². The molecule has 7 heteroatoms. The Labute approximate surface area is 168 Å². The third-order valence-electron chi connectivity index (χ3n) is 3.73. The molecule has 2 aromatic carbocycles. The van der Waals surface area contributed by atoms with Crippen molar-refractivity contribution in [3.63, 3.8) is 0 Å². The van der Waals surface area contributed by atoms with E-state index in [2.05, 4.69) is 10.6 Å². The van der Waals surface area contributed by atoms with Gasteiger partial charge in [0.1, 0.15) is 5.75 Å². The number of nitrogens with one attached hydrogen (secondary N) is 2. The Morgan fingerprint density at radius 3 is 2.63 bits per heavy atom. The Balaban J connectivity index is 1.85. The number of anilines is 2. The number of carbonyl (C=O) groups excluding carboxylic acids is 2. The van der Waals surface area contributed by atoms with Gasteiger partial charge in [0.15, 0.2) is 0 Å². The van der Waals surface area contributed by atoms with E-state index in [4.69, 9.17) is 16.3 Å². The van der Waals surface area contributed by atoms with Gasteiger partial charge >= 0.3 is 0 Å². The van der Waals surface area contributed by atoms with Crippen LogP contribution in [0.5, 0.6) is 5.75 Å². The second-order valence-corrected chi connectivity index (χ2v) is 7.62. The molecule has 5 nitrogen and oxygen atoms in total. The van der Waals surface area contributed by atoms with E-state index >= 15 is 0 Å². The van der Waals surface area contributed by atoms with Crippen LogP contribution in [0.15, 0.2) is 42.5 Å². The summed E-state index contributed by atoms with van der Waals surface area (Å²) in [5, 5.41) is 5.84. The SMILES string of the molecule is CCOc1ccccc1NC(=O)CS[C@@H](C)C(=O)Nc1ccc(C)c(Cl)c1. The third kappa shape index (κ3) is 6.48. The minimum atomic E-state index is -0.391. The molecule has 2 amide bonds. The van der Waals surface area contributed by atoms with E-state index in [1.54, 1.807) is 31.2 Å². The number of benzene rings is 2. The first kappa shape index (κ1) is 21.1. The molecule has 2 N–H and O–H groups in total. The van der Waals surface area contributed by atoms with Crippen LogP contribution in [0, 0.1) is 6.92 Å². The summed E-state index contributed by atoms with van der Waals surface area (Å²) in [6, 6.07) is 12.6. The molecule has 2 rings (SSSR count). The number of para-hydroxylation sites is 2. The van der Waals surface area contributed by atoms with Crippen molar-refractivity contribution < 1.29 is 14.3 Å². The molecule has 0 spiro atoms. The van der Waals surface area contributed by atoms with Gasteiger partial charge in [-0.2, -0.15) is 0 Å². The minimum Gasteiger partial charge on any atom is -0.492 e. The summed E-state index contributed by atoms with van der Waals surface area (Å²) >= 11 is 7.33. The van der Waals surface area contributed by atoms with Crippen LogP contribution in [-0.4, -0.2) is 29.4 Å². The number of hydrogen-bond acceptors (Lipinski definition) is 4. The number of aryl methyl sites for hydroxylation is 1. The first-order valence-corrected chi connectivity index (χ1v) is 10.0. The maximum atomic E-state index is 12.3. The van der Waals surface area contributed by atoms with Gasteiger partial charge in [-0.1, -0.05) is 29.8 Å². The summed E-state index contributed by atoms with van der Waals surface area (Å²) < 4.78 is 5.49. The molecule has 0 aromatic heterocycles. The van der Waals surface area contributed by atoms with Crippen LogP contribution in [0.2, 0.25) is 5.02 Å². The lowest BCUT2D eigenvalue weighted by Gasteiger charge is -2.14. The Bertz CT molecular complexity index is 814. The average Bonchev–Trinajstić information content (AvgIpc) is 2.64. The average molecular weight is 407 g/mol. The highest BCUT2D eigenvalue weighted by Gasteiger charge is 2.16. The summed E-state index contributed by atoms with van der Waals surface area (Å²) in [5.74, 6) is 0.414. The van der Waals surface area contributed by atoms with Crippen LogP contribution < -0.4 is 15.4 Å². The monoisotopic (exact) mass is 406 g/mol. The second-order valence-electron chi connectivity index (χ2n) is 5.88. The third-order valence-corrected chi connectivity index (χ3v) is 5.28. The van der Waals surface area contributed by atoms with Crippen LogP contribution in [-0.2, 0) is 9.59 Å². The van der Waals surface area contributed by atoms with Gasteiger partial charge in [0.25, 0.3) is 0 Å². The fraction of sp³-hybridized carbons (Fsp3) is 0.300. The Kier molecular flexibility index (Phi) is 8.00. The minimum absolute atomic E-state index is 0.156. The van der Waals surface area contributed by atoms with E-state index in [1.165, 1.54) is 11.8 Å². The highest BCUT2D eigenvalue weighted by atomic mass is 35.5. The maximum absolute atomic E-state index is 12.3. The quantitative estimate of drug-likeness (QED) is 0.664. The normalized spacial score (nSPS) is 11.6. The predicted molar refractivity (Wildman–Crippen MR) is 113 cm³/mol. The summed E-state index contributed by atoms with van der Waals surface area (Å²) in [7, 11) is 0.